The smallest absolute Gasteiger partial charge is 0.234 e. The first-order chi connectivity index (χ1) is 9.72. The molecule has 0 bridgehead atoms. The van der Waals surface area contributed by atoms with Gasteiger partial charge in [-0.2, -0.15) is 9.61 Å². The Morgan fingerprint density at radius 3 is 2.90 bits per heavy atom. The van der Waals surface area contributed by atoms with E-state index in [4.69, 9.17) is 17.3 Å². The van der Waals surface area contributed by atoms with E-state index in [9.17, 15) is 0 Å². The summed E-state index contributed by atoms with van der Waals surface area (Å²) in [5, 5.41) is 14.6. The predicted molar refractivity (Wildman–Crippen MR) is 80.1 cm³/mol. The second-order valence-electron chi connectivity index (χ2n) is 5.02. The number of aromatic nitrogens is 4. The molecule has 2 N–H and O–H groups in total. The molecule has 0 atom stereocenters. The lowest BCUT2D eigenvalue weighted by molar-refractivity contribution is 0.395. The fraction of sp³-hybridized carbons (Fsp3) is 0.308. The standard InChI is InChI=1S/C13H12ClN5S/c14-8-4-5-10(15)9(6-8)12-18-19-11(7-2-1-3-7)16-17-13(19)20-12/h4-7H,1-3,15H2. The summed E-state index contributed by atoms with van der Waals surface area (Å²) < 4.78 is 1.85. The molecule has 102 valence electrons. The van der Waals surface area contributed by atoms with Gasteiger partial charge in [-0.1, -0.05) is 29.4 Å². The highest BCUT2D eigenvalue weighted by atomic mass is 35.5. The maximum absolute atomic E-state index is 6.04. The zero-order chi connectivity index (χ0) is 13.7. The molecule has 0 saturated heterocycles. The molecule has 20 heavy (non-hydrogen) atoms. The quantitative estimate of drug-likeness (QED) is 0.737. The molecule has 7 heteroatoms. The van der Waals surface area contributed by atoms with Crippen LogP contribution in [0.5, 0.6) is 0 Å². The van der Waals surface area contributed by atoms with Crippen LogP contribution in [0.15, 0.2) is 18.2 Å². The monoisotopic (exact) mass is 305 g/mol. The Morgan fingerprint density at radius 1 is 1.30 bits per heavy atom. The van der Waals surface area contributed by atoms with Gasteiger partial charge in [0.1, 0.15) is 5.01 Å². The Hall–Kier alpha value is -1.66. The third-order valence-corrected chi connectivity index (χ3v) is 4.90. The first-order valence-electron chi connectivity index (χ1n) is 6.50. The summed E-state index contributed by atoms with van der Waals surface area (Å²) in [6.07, 6.45) is 3.61. The van der Waals surface area contributed by atoms with Crippen molar-refractivity contribution in [3.8, 4) is 10.6 Å². The third kappa shape index (κ3) is 1.79. The van der Waals surface area contributed by atoms with Crippen LogP contribution < -0.4 is 5.73 Å². The molecule has 1 aromatic carbocycles. The number of hydrogen-bond donors (Lipinski definition) is 1. The first kappa shape index (κ1) is 12.1. The van der Waals surface area contributed by atoms with E-state index in [1.807, 2.05) is 10.6 Å². The lowest BCUT2D eigenvalue weighted by Crippen LogP contribution is -2.13. The van der Waals surface area contributed by atoms with Crippen molar-refractivity contribution >= 4 is 33.6 Å². The minimum atomic E-state index is 0.497. The highest BCUT2D eigenvalue weighted by Gasteiger charge is 2.26. The molecule has 0 spiro atoms. The number of benzene rings is 1. The number of hydrogen-bond acceptors (Lipinski definition) is 5. The van der Waals surface area contributed by atoms with Gasteiger partial charge in [-0.3, -0.25) is 0 Å². The van der Waals surface area contributed by atoms with Crippen molar-refractivity contribution in [1.82, 2.24) is 19.8 Å². The molecular weight excluding hydrogens is 294 g/mol. The molecule has 4 rings (SSSR count). The number of halogens is 1. The van der Waals surface area contributed by atoms with E-state index in [-0.39, 0.29) is 0 Å². The van der Waals surface area contributed by atoms with Crippen LogP contribution in [0.4, 0.5) is 5.69 Å². The van der Waals surface area contributed by atoms with E-state index >= 15 is 0 Å². The van der Waals surface area contributed by atoms with Gasteiger partial charge in [-0.15, -0.1) is 10.2 Å². The Labute approximate surface area is 124 Å². The van der Waals surface area contributed by atoms with Gasteiger partial charge in [0.05, 0.1) is 0 Å². The summed E-state index contributed by atoms with van der Waals surface area (Å²) in [4.78, 5) is 0.807. The lowest BCUT2D eigenvalue weighted by Gasteiger charge is -2.22. The molecule has 0 amide bonds. The van der Waals surface area contributed by atoms with Crippen molar-refractivity contribution < 1.29 is 0 Å². The molecule has 1 aliphatic rings. The van der Waals surface area contributed by atoms with Crippen LogP contribution in [0.3, 0.4) is 0 Å². The Morgan fingerprint density at radius 2 is 2.15 bits per heavy atom. The normalized spacial score (nSPS) is 15.7. The van der Waals surface area contributed by atoms with Gasteiger partial charge >= 0.3 is 0 Å². The van der Waals surface area contributed by atoms with E-state index in [1.54, 1.807) is 12.1 Å². The minimum absolute atomic E-state index is 0.497. The highest BCUT2D eigenvalue weighted by molar-refractivity contribution is 7.19. The summed E-state index contributed by atoms with van der Waals surface area (Å²) in [5.41, 5.74) is 7.54. The molecular formula is C13H12ClN5S. The lowest BCUT2D eigenvalue weighted by atomic mass is 9.85. The molecule has 2 heterocycles. The Balaban J connectivity index is 1.84. The summed E-state index contributed by atoms with van der Waals surface area (Å²) >= 11 is 7.52. The molecule has 1 saturated carbocycles. The maximum Gasteiger partial charge on any atom is 0.234 e. The highest BCUT2D eigenvalue weighted by Crippen LogP contribution is 2.37. The average Bonchev–Trinajstić information content (AvgIpc) is 2.92. The zero-order valence-corrected chi connectivity index (χ0v) is 12.2. The van der Waals surface area contributed by atoms with Gasteiger partial charge in [-0.25, -0.2) is 0 Å². The van der Waals surface area contributed by atoms with Crippen molar-refractivity contribution in [2.75, 3.05) is 5.73 Å². The Kier molecular flexibility index (Phi) is 2.68. The van der Waals surface area contributed by atoms with E-state index in [0.29, 0.717) is 16.6 Å². The largest absolute Gasteiger partial charge is 0.398 e. The van der Waals surface area contributed by atoms with Crippen LogP contribution in [-0.2, 0) is 0 Å². The van der Waals surface area contributed by atoms with Crippen LogP contribution >= 0.6 is 22.9 Å². The molecule has 1 fully saturated rings. The van der Waals surface area contributed by atoms with E-state index < -0.39 is 0 Å². The van der Waals surface area contributed by atoms with Gasteiger partial charge < -0.3 is 5.73 Å². The van der Waals surface area contributed by atoms with Crippen LogP contribution in [0.1, 0.15) is 31.0 Å². The third-order valence-electron chi connectivity index (χ3n) is 3.73. The fourth-order valence-corrected chi connectivity index (χ4v) is 3.43. The van der Waals surface area contributed by atoms with Crippen LogP contribution in [0.25, 0.3) is 15.5 Å². The second kappa shape index (κ2) is 4.43. The van der Waals surface area contributed by atoms with Gasteiger partial charge in [0, 0.05) is 22.2 Å². The van der Waals surface area contributed by atoms with Gasteiger partial charge in [0.25, 0.3) is 0 Å². The maximum atomic E-state index is 6.04. The Bertz CT molecular complexity index is 789. The molecule has 5 nitrogen and oxygen atoms in total. The van der Waals surface area contributed by atoms with Crippen molar-refractivity contribution in [3.63, 3.8) is 0 Å². The topological polar surface area (TPSA) is 69.1 Å². The zero-order valence-electron chi connectivity index (χ0n) is 10.6. The first-order valence-corrected chi connectivity index (χ1v) is 7.69. The van der Waals surface area contributed by atoms with Crippen molar-refractivity contribution in [2.24, 2.45) is 0 Å². The molecule has 0 aliphatic heterocycles. The summed E-state index contributed by atoms with van der Waals surface area (Å²) in [6, 6.07) is 5.42. The van der Waals surface area contributed by atoms with E-state index in [1.165, 1.54) is 30.6 Å². The molecule has 0 radical (unpaired) electrons. The van der Waals surface area contributed by atoms with Crippen molar-refractivity contribution in [1.29, 1.82) is 0 Å². The minimum Gasteiger partial charge on any atom is -0.398 e. The molecule has 3 aromatic rings. The fourth-order valence-electron chi connectivity index (χ4n) is 2.38. The van der Waals surface area contributed by atoms with Gasteiger partial charge in [0.15, 0.2) is 5.82 Å². The van der Waals surface area contributed by atoms with E-state index in [0.717, 1.165) is 21.4 Å². The molecule has 1 aliphatic carbocycles. The molecule has 2 aromatic heterocycles. The summed E-state index contributed by atoms with van der Waals surface area (Å²) in [5.74, 6) is 1.46. The van der Waals surface area contributed by atoms with E-state index in [2.05, 4.69) is 15.3 Å². The number of fused-ring (bicyclic) bond motifs is 1. The SMILES string of the molecule is Nc1ccc(Cl)cc1-c1nn2c(C3CCC3)nnc2s1. The van der Waals surface area contributed by atoms with Crippen molar-refractivity contribution in [3.05, 3.63) is 29.0 Å². The summed E-state index contributed by atoms with van der Waals surface area (Å²) in [7, 11) is 0. The number of nitrogens with two attached hydrogens (primary N) is 1. The van der Waals surface area contributed by atoms with Crippen LogP contribution in [0, 0.1) is 0 Å². The number of anilines is 1. The predicted octanol–water partition coefficient (Wildman–Crippen LogP) is 3.36. The molecule has 0 unspecified atom stereocenters. The number of nitrogens with zero attached hydrogens (tertiary/aromatic N) is 4. The number of rotatable bonds is 2. The number of nitrogen functional groups attached to an aromatic ring is 1. The second-order valence-corrected chi connectivity index (χ2v) is 6.41. The van der Waals surface area contributed by atoms with Crippen LogP contribution in [-0.4, -0.2) is 19.8 Å². The van der Waals surface area contributed by atoms with Gasteiger partial charge in [0.2, 0.25) is 4.96 Å². The van der Waals surface area contributed by atoms with Crippen molar-refractivity contribution in [2.45, 2.75) is 25.2 Å². The van der Waals surface area contributed by atoms with Gasteiger partial charge in [-0.05, 0) is 31.0 Å². The summed E-state index contributed by atoms with van der Waals surface area (Å²) in [6.45, 7) is 0. The van der Waals surface area contributed by atoms with Crippen LogP contribution in [0.2, 0.25) is 5.02 Å². The average molecular weight is 306 g/mol.